The molecular weight excluding hydrogens is 404 g/mol. The lowest BCUT2D eigenvalue weighted by Crippen LogP contribution is -2.31. The van der Waals surface area contributed by atoms with Crippen LogP contribution in [0, 0.1) is 0 Å². The van der Waals surface area contributed by atoms with Crippen LogP contribution in [0.2, 0.25) is 5.02 Å². The predicted molar refractivity (Wildman–Crippen MR) is 119 cm³/mol. The zero-order chi connectivity index (χ0) is 21.3. The largest absolute Gasteiger partial charge is 0.355 e. The number of rotatable bonds is 4. The molecule has 0 radical (unpaired) electrons. The van der Waals surface area contributed by atoms with Gasteiger partial charge in [0.1, 0.15) is 10.6 Å². The van der Waals surface area contributed by atoms with E-state index in [-0.39, 0.29) is 11.1 Å². The van der Waals surface area contributed by atoms with Gasteiger partial charge in [0.05, 0.1) is 11.7 Å². The minimum absolute atomic E-state index is 0.0945. The second-order valence-corrected chi connectivity index (χ2v) is 7.72. The molecule has 30 heavy (non-hydrogen) atoms. The first-order chi connectivity index (χ1) is 14.5. The number of nitrogens with zero attached hydrogens (tertiary/aromatic N) is 4. The molecule has 3 heterocycles. The van der Waals surface area contributed by atoms with E-state index >= 15 is 0 Å². The second kappa shape index (κ2) is 8.31. The molecule has 8 nitrogen and oxygen atoms in total. The van der Waals surface area contributed by atoms with Crippen molar-refractivity contribution in [1.82, 2.24) is 19.9 Å². The van der Waals surface area contributed by atoms with Crippen molar-refractivity contribution in [2.24, 2.45) is 7.05 Å². The Labute approximate surface area is 178 Å². The first-order valence-electron chi connectivity index (χ1n) is 9.88. The monoisotopic (exact) mass is 426 g/mol. The summed E-state index contributed by atoms with van der Waals surface area (Å²) in [5, 5.41) is 6.92. The number of carbonyl (C=O) groups is 1. The third-order valence-corrected chi connectivity index (χ3v) is 5.61. The van der Waals surface area contributed by atoms with Gasteiger partial charge in [-0.2, -0.15) is 4.98 Å². The van der Waals surface area contributed by atoms with Crippen molar-refractivity contribution in [3.05, 3.63) is 51.4 Å². The van der Waals surface area contributed by atoms with Gasteiger partial charge in [0, 0.05) is 38.3 Å². The zero-order valence-electron chi connectivity index (χ0n) is 16.9. The van der Waals surface area contributed by atoms with E-state index in [0.717, 1.165) is 42.5 Å². The molecule has 0 unspecified atom stereocenters. The van der Waals surface area contributed by atoms with Gasteiger partial charge in [-0.05, 0) is 43.5 Å². The Balaban J connectivity index is 1.69. The lowest BCUT2D eigenvalue weighted by Gasteiger charge is -2.26. The molecule has 4 rings (SSSR count). The molecule has 1 saturated heterocycles. The summed E-state index contributed by atoms with van der Waals surface area (Å²) in [6, 6.07) is 7.14. The van der Waals surface area contributed by atoms with Gasteiger partial charge in [-0.25, -0.2) is 4.98 Å². The standard InChI is InChI=1S/C21H23ClN6O2/c1-23-19(29)15-11-13-10-14(6-7-17(13)27(2)20(15)30)25-18-16(22)12-24-21(26-18)28-8-4-3-5-9-28/h6-7,10-12H,3-5,8-9H2,1-2H3,(H,23,29)(H,24,25,26). The number of pyridine rings is 1. The summed E-state index contributed by atoms with van der Waals surface area (Å²) in [7, 11) is 3.15. The highest BCUT2D eigenvalue weighted by Gasteiger charge is 2.16. The number of nitrogens with one attached hydrogen (secondary N) is 2. The summed E-state index contributed by atoms with van der Waals surface area (Å²) in [4.78, 5) is 35.7. The van der Waals surface area contributed by atoms with E-state index in [1.165, 1.54) is 18.0 Å². The molecule has 1 fully saturated rings. The quantitative estimate of drug-likeness (QED) is 0.666. The van der Waals surface area contributed by atoms with Crippen LogP contribution in [0.5, 0.6) is 0 Å². The number of benzene rings is 1. The second-order valence-electron chi connectivity index (χ2n) is 7.31. The molecule has 1 aromatic carbocycles. The van der Waals surface area contributed by atoms with Crippen molar-refractivity contribution in [2.75, 3.05) is 30.4 Å². The number of fused-ring (bicyclic) bond motifs is 1. The van der Waals surface area contributed by atoms with Crippen molar-refractivity contribution in [3.8, 4) is 0 Å². The average Bonchev–Trinajstić information content (AvgIpc) is 2.77. The number of aryl methyl sites for hydroxylation is 1. The normalized spacial score (nSPS) is 14.0. The van der Waals surface area contributed by atoms with Crippen molar-refractivity contribution in [1.29, 1.82) is 0 Å². The molecule has 156 valence electrons. The Bertz CT molecular complexity index is 1170. The van der Waals surface area contributed by atoms with Crippen molar-refractivity contribution in [2.45, 2.75) is 19.3 Å². The summed E-state index contributed by atoms with van der Waals surface area (Å²) in [6.07, 6.45) is 5.10. The summed E-state index contributed by atoms with van der Waals surface area (Å²) < 4.78 is 1.47. The summed E-state index contributed by atoms with van der Waals surface area (Å²) in [5.41, 5.74) is 1.22. The molecule has 2 N–H and O–H groups in total. The Morgan fingerprint density at radius 3 is 2.67 bits per heavy atom. The van der Waals surface area contributed by atoms with E-state index in [2.05, 4.69) is 25.5 Å². The van der Waals surface area contributed by atoms with Crippen LogP contribution in [0.4, 0.5) is 17.5 Å². The summed E-state index contributed by atoms with van der Waals surface area (Å²) >= 11 is 6.33. The van der Waals surface area contributed by atoms with Crippen molar-refractivity contribution < 1.29 is 4.79 Å². The number of hydrogen-bond donors (Lipinski definition) is 2. The van der Waals surface area contributed by atoms with Gasteiger partial charge in [-0.3, -0.25) is 9.59 Å². The smallest absolute Gasteiger partial charge is 0.263 e. The SMILES string of the molecule is CNC(=O)c1cc2cc(Nc3nc(N4CCCCC4)ncc3Cl)ccc2n(C)c1=O. The van der Waals surface area contributed by atoms with Crippen molar-refractivity contribution >= 4 is 45.9 Å². The topological polar surface area (TPSA) is 92.2 Å². The molecule has 0 aliphatic carbocycles. The Morgan fingerprint density at radius 1 is 1.17 bits per heavy atom. The van der Waals surface area contributed by atoms with Crippen LogP contribution in [-0.4, -0.2) is 40.6 Å². The fraction of sp³-hybridized carbons (Fsp3) is 0.333. The predicted octanol–water partition coefficient (Wildman–Crippen LogP) is 3.08. The molecule has 0 atom stereocenters. The maximum atomic E-state index is 12.4. The van der Waals surface area contributed by atoms with Crippen LogP contribution in [0.3, 0.4) is 0 Å². The number of amides is 1. The Hall–Kier alpha value is -3.13. The molecule has 9 heteroatoms. The minimum atomic E-state index is -0.416. The highest BCUT2D eigenvalue weighted by Crippen LogP contribution is 2.27. The summed E-state index contributed by atoms with van der Waals surface area (Å²) in [5.74, 6) is 0.760. The van der Waals surface area contributed by atoms with E-state index in [0.29, 0.717) is 16.8 Å². The van der Waals surface area contributed by atoms with E-state index in [1.54, 1.807) is 19.3 Å². The zero-order valence-corrected chi connectivity index (χ0v) is 17.7. The highest BCUT2D eigenvalue weighted by atomic mass is 35.5. The van der Waals surface area contributed by atoms with Crippen LogP contribution in [0.1, 0.15) is 29.6 Å². The van der Waals surface area contributed by atoms with Crippen LogP contribution < -0.4 is 21.1 Å². The van der Waals surface area contributed by atoms with Gasteiger partial charge in [-0.15, -0.1) is 0 Å². The molecule has 0 spiro atoms. The Kier molecular flexibility index (Phi) is 5.59. The number of hydrogen-bond acceptors (Lipinski definition) is 6. The van der Waals surface area contributed by atoms with Gasteiger partial charge < -0.3 is 20.1 Å². The Morgan fingerprint density at radius 2 is 1.93 bits per heavy atom. The first kappa shape index (κ1) is 20.2. The molecule has 1 aliphatic rings. The summed E-state index contributed by atoms with van der Waals surface area (Å²) in [6.45, 7) is 1.88. The molecule has 1 aliphatic heterocycles. The molecular formula is C21H23ClN6O2. The lowest BCUT2D eigenvalue weighted by molar-refractivity contribution is 0.0961. The van der Waals surface area contributed by atoms with E-state index in [4.69, 9.17) is 11.6 Å². The highest BCUT2D eigenvalue weighted by molar-refractivity contribution is 6.32. The van der Waals surface area contributed by atoms with Crippen molar-refractivity contribution in [3.63, 3.8) is 0 Å². The maximum Gasteiger partial charge on any atom is 0.263 e. The van der Waals surface area contributed by atoms with Gasteiger partial charge in [0.15, 0.2) is 5.82 Å². The number of piperidine rings is 1. The number of halogens is 1. The maximum absolute atomic E-state index is 12.4. The van der Waals surface area contributed by atoms with E-state index in [9.17, 15) is 9.59 Å². The van der Waals surface area contributed by atoms with E-state index in [1.807, 2.05) is 18.2 Å². The van der Waals surface area contributed by atoms with Crippen LogP contribution in [0.15, 0.2) is 35.3 Å². The van der Waals surface area contributed by atoms with Crippen LogP contribution >= 0.6 is 11.6 Å². The third kappa shape index (κ3) is 3.82. The molecule has 1 amide bonds. The van der Waals surface area contributed by atoms with E-state index < -0.39 is 5.91 Å². The number of carbonyl (C=O) groups excluding carboxylic acids is 1. The third-order valence-electron chi connectivity index (χ3n) is 5.33. The van der Waals surface area contributed by atoms with Gasteiger partial charge in [0.25, 0.3) is 11.5 Å². The first-order valence-corrected chi connectivity index (χ1v) is 10.3. The van der Waals surface area contributed by atoms with Crippen LogP contribution in [-0.2, 0) is 7.05 Å². The minimum Gasteiger partial charge on any atom is -0.355 e. The lowest BCUT2D eigenvalue weighted by atomic mass is 10.1. The van der Waals surface area contributed by atoms with Gasteiger partial charge in [0.2, 0.25) is 5.95 Å². The molecule has 2 aromatic heterocycles. The number of aromatic nitrogens is 3. The molecule has 0 saturated carbocycles. The molecule has 3 aromatic rings. The molecule has 0 bridgehead atoms. The average molecular weight is 427 g/mol. The fourth-order valence-corrected chi connectivity index (χ4v) is 3.82. The van der Waals surface area contributed by atoms with Gasteiger partial charge in [-0.1, -0.05) is 11.6 Å². The van der Waals surface area contributed by atoms with Crippen LogP contribution in [0.25, 0.3) is 10.9 Å². The number of anilines is 3. The van der Waals surface area contributed by atoms with Gasteiger partial charge >= 0.3 is 0 Å². The fourth-order valence-electron chi connectivity index (χ4n) is 3.69.